The number of hydrazine groups is 1. The lowest BCUT2D eigenvalue weighted by Crippen LogP contribution is -2.13. The minimum absolute atomic E-state index is 0.133. The number of nitrogens with two attached hydrogens (primary N) is 2. The summed E-state index contributed by atoms with van der Waals surface area (Å²) in [5.41, 5.74) is -4.36. The van der Waals surface area contributed by atoms with Crippen molar-refractivity contribution in [3.05, 3.63) is 34.9 Å². The van der Waals surface area contributed by atoms with Gasteiger partial charge in [-0.05, 0) is 18.2 Å². The zero-order valence-corrected chi connectivity index (χ0v) is 9.01. The Morgan fingerprint density at radius 2 is 1.21 bits per heavy atom. The summed E-state index contributed by atoms with van der Waals surface area (Å²) in [6.45, 7) is 0. The number of hydrogen-bond donors (Lipinski definition) is 3. The summed E-state index contributed by atoms with van der Waals surface area (Å²) in [5, 5.41) is 8.43. The molecule has 19 heavy (non-hydrogen) atoms. The Balaban J connectivity index is 0.00000154. The van der Waals surface area contributed by atoms with Gasteiger partial charge in [0.25, 0.3) is 0 Å². The minimum Gasteiger partial charge on any atom is -0.478 e. The summed E-state index contributed by atoms with van der Waals surface area (Å²) in [6.07, 6.45) is -10.1. The Hall–Kier alpha value is -1.81. The topological polar surface area (TPSA) is 89.3 Å². The van der Waals surface area contributed by atoms with Crippen LogP contribution in [0.4, 0.5) is 26.3 Å². The van der Waals surface area contributed by atoms with Crippen LogP contribution in [0.2, 0.25) is 0 Å². The van der Waals surface area contributed by atoms with Crippen LogP contribution in [0.3, 0.4) is 0 Å². The van der Waals surface area contributed by atoms with Gasteiger partial charge in [-0.3, -0.25) is 11.7 Å². The second-order valence-corrected chi connectivity index (χ2v) is 3.10. The molecule has 0 aliphatic carbocycles. The molecule has 0 unspecified atom stereocenters. The van der Waals surface area contributed by atoms with Crippen LogP contribution in [0.5, 0.6) is 0 Å². The molecular weight excluding hydrogens is 282 g/mol. The lowest BCUT2D eigenvalue weighted by molar-refractivity contribution is -0.143. The van der Waals surface area contributed by atoms with Crippen molar-refractivity contribution in [2.75, 3.05) is 0 Å². The molecule has 1 aromatic carbocycles. The zero-order chi connectivity index (χ0) is 15.4. The van der Waals surface area contributed by atoms with E-state index in [-0.39, 0.29) is 18.2 Å². The fraction of sp³-hybridized carbons (Fsp3) is 0.222. The highest BCUT2D eigenvalue weighted by molar-refractivity contribution is 5.88. The Morgan fingerprint density at radius 3 is 1.42 bits per heavy atom. The first-order valence-electron chi connectivity index (χ1n) is 4.38. The number of alkyl halides is 6. The molecule has 1 rings (SSSR count). The summed E-state index contributed by atoms with van der Waals surface area (Å²) in [7, 11) is 0. The average Bonchev–Trinajstić information content (AvgIpc) is 2.28. The van der Waals surface area contributed by atoms with E-state index >= 15 is 0 Å². The first kappa shape index (κ1) is 17.2. The highest BCUT2D eigenvalue weighted by Gasteiger charge is 2.37. The summed E-state index contributed by atoms with van der Waals surface area (Å²) < 4.78 is 73.4. The molecular formula is C9H8F6N2O2. The van der Waals surface area contributed by atoms with Gasteiger partial charge in [-0.25, -0.2) is 4.79 Å². The fourth-order valence-corrected chi connectivity index (χ4v) is 1.08. The molecule has 1 aromatic rings. The monoisotopic (exact) mass is 290 g/mol. The molecule has 0 radical (unpaired) electrons. The molecule has 0 aromatic heterocycles. The van der Waals surface area contributed by atoms with E-state index in [0.717, 1.165) is 0 Å². The largest absolute Gasteiger partial charge is 0.478 e. The molecule has 0 fully saturated rings. The SMILES string of the molecule is NN.O=C(O)c1cc(C(F)(F)F)cc(C(F)(F)F)c1. The summed E-state index contributed by atoms with van der Waals surface area (Å²) in [5.74, 6) is 6.14. The lowest BCUT2D eigenvalue weighted by Gasteiger charge is -2.12. The van der Waals surface area contributed by atoms with E-state index in [1.54, 1.807) is 0 Å². The normalized spacial score (nSPS) is 11.6. The van der Waals surface area contributed by atoms with Crippen molar-refractivity contribution in [2.45, 2.75) is 12.4 Å². The van der Waals surface area contributed by atoms with Crippen LogP contribution in [-0.2, 0) is 12.4 Å². The third-order valence-electron chi connectivity index (χ3n) is 1.83. The van der Waals surface area contributed by atoms with Crippen molar-refractivity contribution in [1.29, 1.82) is 0 Å². The maximum atomic E-state index is 12.2. The van der Waals surface area contributed by atoms with E-state index in [4.69, 9.17) is 5.11 Å². The molecule has 0 saturated carbocycles. The van der Waals surface area contributed by atoms with Crippen LogP contribution >= 0.6 is 0 Å². The van der Waals surface area contributed by atoms with Crippen LogP contribution in [-0.4, -0.2) is 11.1 Å². The molecule has 0 heterocycles. The predicted molar refractivity (Wildman–Crippen MR) is 51.8 cm³/mol. The van der Waals surface area contributed by atoms with Crippen LogP contribution in [0.15, 0.2) is 18.2 Å². The second kappa shape index (κ2) is 5.89. The molecule has 5 N–H and O–H groups in total. The van der Waals surface area contributed by atoms with Crippen molar-refractivity contribution in [3.63, 3.8) is 0 Å². The highest BCUT2D eigenvalue weighted by Crippen LogP contribution is 2.36. The molecule has 0 spiro atoms. The number of carbonyl (C=O) groups is 1. The predicted octanol–water partition coefficient (Wildman–Crippen LogP) is 2.24. The van der Waals surface area contributed by atoms with E-state index in [2.05, 4.69) is 11.7 Å². The van der Waals surface area contributed by atoms with E-state index in [1.165, 1.54) is 0 Å². The van der Waals surface area contributed by atoms with Gasteiger partial charge in [0.15, 0.2) is 0 Å². The summed E-state index contributed by atoms with van der Waals surface area (Å²) in [4.78, 5) is 10.4. The first-order valence-corrected chi connectivity index (χ1v) is 4.38. The number of rotatable bonds is 1. The van der Waals surface area contributed by atoms with Crippen LogP contribution in [0, 0.1) is 0 Å². The molecule has 0 saturated heterocycles. The molecule has 0 aliphatic heterocycles. The lowest BCUT2D eigenvalue weighted by atomic mass is 10.0. The smallest absolute Gasteiger partial charge is 0.416 e. The fourth-order valence-electron chi connectivity index (χ4n) is 1.08. The quantitative estimate of drug-likeness (QED) is 0.420. The van der Waals surface area contributed by atoms with Crippen molar-refractivity contribution in [2.24, 2.45) is 11.7 Å². The minimum atomic E-state index is -5.04. The third kappa shape index (κ3) is 4.75. The molecule has 0 atom stereocenters. The number of hydrogen-bond acceptors (Lipinski definition) is 3. The van der Waals surface area contributed by atoms with Gasteiger partial charge in [0, 0.05) is 0 Å². The van der Waals surface area contributed by atoms with Crippen LogP contribution < -0.4 is 11.7 Å². The number of benzene rings is 1. The van der Waals surface area contributed by atoms with Crippen molar-refractivity contribution in [1.82, 2.24) is 0 Å². The molecule has 4 nitrogen and oxygen atoms in total. The third-order valence-corrected chi connectivity index (χ3v) is 1.83. The number of halogens is 6. The van der Waals surface area contributed by atoms with Gasteiger partial charge in [0.2, 0.25) is 0 Å². The molecule has 0 amide bonds. The first-order chi connectivity index (χ1) is 8.51. The molecule has 0 bridgehead atoms. The van der Waals surface area contributed by atoms with E-state index in [1.807, 2.05) is 0 Å². The maximum absolute atomic E-state index is 12.2. The van der Waals surface area contributed by atoms with Gasteiger partial charge in [-0.2, -0.15) is 26.3 Å². The van der Waals surface area contributed by atoms with Gasteiger partial charge in [0.05, 0.1) is 16.7 Å². The van der Waals surface area contributed by atoms with Crippen LogP contribution in [0.1, 0.15) is 21.5 Å². The highest BCUT2D eigenvalue weighted by atomic mass is 19.4. The van der Waals surface area contributed by atoms with Crippen molar-refractivity contribution < 1.29 is 36.2 Å². The second-order valence-electron chi connectivity index (χ2n) is 3.10. The number of carboxylic acid groups (broad SMARTS) is 1. The summed E-state index contributed by atoms with van der Waals surface area (Å²) in [6, 6.07) is 0.168. The molecule has 10 heteroatoms. The van der Waals surface area contributed by atoms with E-state index < -0.39 is 35.0 Å². The Bertz CT molecular complexity index is 423. The van der Waals surface area contributed by atoms with Gasteiger partial charge in [-0.15, -0.1) is 0 Å². The van der Waals surface area contributed by atoms with Gasteiger partial charge >= 0.3 is 18.3 Å². The Morgan fingerprint density at radius 1 is 0.895 bits per heavy atom. The zero-order valence-electron chi connectivity index (χ0n) is 9.01. The number of carboxylic acids is 1. The Kier molecular flexibility index (Phi) is 5.33. The standard InChI is InChI=1S/C9H4F6O2.H4N2/c10-8(11,12)5-1-4(7(16)17)2-6(3-5)9(13,14)15;1-2/h1-3H,(H,16,17);1-2H2. The van der Waals surface area contributed by atoms with Gasteiger partial charge in [-0.1, -0.05) is 0 Å². The average molecular weight is 290 g/mol. The van der Waals surface area contributed by atoms with Crippen molar-refractivity contribution >= 4 is 5.97 Å². The van der Waals surface area contributed by atoms with E-state index in [9.17, 15) is 31.1 Å². The van der Waals surface area contributed by atoms with Gasteiger partial charge in [0.1, 0.15) is 0 Å². The summed E-state index contributed by atoms with van der Waals surface area (Å²) >= 11 is 0. The van der Waals surface area contributed by atoms with Crippen LogP contribution in [0.25, 0.3) is 0 Å². The molecule has 0 aliphatic rings. The Labute approximate surface area is 102 Å². The van der Waals surface area contributed by atoms with E-state index in [0.29, 0.717) is 0 Å². The maximum Gasteiger partial charge on any atom is 0.416 e. The van der Waals surface area contributed by atoms with Gasteiger partial charge < -0.3 is 5.11 Å². The van der Waals surface area contributed by atoms with Crippen molar-refractivity contribution in [3.8, 4) is 0 Å². The number of aromatic carboxylic acids is 1. The molecule has 108 valence electrons.